The molecule has 134 valence electrons. The molecule has 3 rings (SSSR count). The van der Waals surface area contributed by atoms with E-state index in [9.17, 15) is 14.0 Å². The smallest absolute Gasteiger partial charge is 0.243 e. The summed E-state index contributed by atoms with van der Waals surface area (Å²) >= 11 is 0. The van der Waals surface area contributed by atoms with Gasteiger partial charge in [0, 0.05) is 19.3 Å². The van der Waals surface area contributed by atoms with Crippen LogP contribution in [0.4, 0.5) is 10.1 Å². The Morgan fingerprint density at radius 1 is 1.15 bits per heavy atom. The van der Waals surface area contributed by atoms with Crippen molar-refractivity contribution in [2.45, 2.75) is 26.2 Å². The first kappa shape index (κ1) is 17.8. The second kappa shape index (κ2) is 7.91. The molecule has 0 saturated carbocycles. The number of benzene rings is 2. The van der Waals surface area contributed by atoms with Crippen molar-refractivity contribution in [2.24, 2.45) is 5.10 Å². The van der Waals surface area contributed by atoms with Gasteiger partial charge in [0.2, 0.25) is 11.8 Å². The van der Waals surface area contributed by atoms with Crippen molar-refractivity contribution >= 4 is 23.2 Å². The van der Waals surface area contributed by atoms with E-state index >= 15 is 0 Å². The molecule has 6 heteroatoms. The predicted molar refractivity (Wildman–Crippen MR) is 98.3 cm³/mol. The van der Waals surface area contributed by atoms with Crippen LogP contribution in [0, 0.1) is 12.7 Å². The third-order valence-corrected chi connectivity index (χ3v) is 4.16. The maximum absolute atomic E-state index is 13.8. The highest BCUT2D eigenvalue weighted by atomic mass is 19.1. The van der Waals surface area contributed by atoms with Crippen LogP contribution in [0.15, 0.2) is 53.6 Å². The van der Waals surface area contributed by atoms with Crippen LogP contribution < -0.4 is 5.32 Å². The maximum Gasteiger partial charge on any atom is 0.243 e. The van der Waals surface area contributed by atoms with Gasteiger partial charge in [-0.2, -0.15) is 5.10 Å². The Hall–Kier alpha value is -3.02. The number of rotatable bonds is 5. The summed E-state index contributed by atoms with van der Waals surface area (Å²) in [5, 5.41) is 8.26. The normalized spacial score (nSPS) is 13.5. The number of hydrogen-bond acceptors (Lipinski definition) is 3. The Morgan fingerprint density at radius 2 is 1.92 bits per heavy atom. The van der Waals surface area contributed by atoms with E-state index in [2.05, 4.69) is 10.4 Å². The van der Waals surface area contributed by atoms with Crippen molar-refractivity contribution in [3.05, 3.63) is 65.5 Å². The van der Waals surface area contributed by atoms with E-state index in [1.54, 1.807) is 13.0 Å². The Labute approximate surface area is 151 Å². The number of hydrazone groups is 1. The summed E-state index contributed by atoms with van der Waals surface area (Å²) in [6.45, 7) is 2.28. The van der Waals surface area contributed by atoms with Crippen LogP contribution in [0.5, 0.6) is 0 Å². The van der Waals surface area contributed by atoms with Gasteiger partial charge in [-0.05, 0) is 30.2 Å². The van der Waals surface area contributed by atoms with Crippen molar-refractivity contribution in [1.82, 2.24) is 5.01 Å². The first-order valence-electron chi connectivity index (χ1n) is 8.52. The first-order chi connectivity index (χ1) is 12.5. The summed E-state index contributed by atoms with van der Waals surface area (Å²) in [4.78, 5) is 24.2. The van der Waals surface area contributed by atoms with E-state index in [0.29, 0.717) is 13.0 Å². The van der Waals surface area contributed by atoms with Crippen LogP contribution in [-0.2, 0) is 9.59 Å². The van der Waals surface area contributed by atoms with Gasteiger partial charge in [0.15, 0.2) is 0 Å². The Bertz CT molecular complexity index is 849. The van der Waals surface area contributed by atoms with Crippen LogP contribution in [0.1, 0.15) is 30.4 Å². The summed E-state index contributed by atoms with van der Waals surface area (Å²) in [6, 6.07) is 14.3. The monoisotopic (exact) mass is 353 g/mol. The highest BCUT2D eigenvalue weighted by molar-refractivity contribution is 6.02. The molecule has 2 amide bonds. The van der Waals surface area contributed by atoms with Crippen LogP contribution in [0.25, 0.3) is 0 Å². The number of carbonyl (C=O) groups excluding carboxylic acids is 2. The highest BCUT2D eigenvalue weighted by Crippen LogP contribution is 2.17. The van der Waals surface area contributed by atoms with Gasteiger partial charge in [0.25, 0.3) is 0 Å². The molecule has 2 aromatic rings. The molecule has 0 aliphatic carbocycles. The zero-order chi connectivity index (χ0) is 18.5. The molecule has 0 unspecified atom stereocenters. The van der Waals surface area contributed by atoms with E-state index in [4.69, 9.17) is 0 Å². The summed E-state index contributed by atoms with van der Waals surface area (Å²) < 4.78 is 13.8. The van der Waals surface area contributed by atoms with Gasteiger partial charge in [0.1, 0.15) is 5.82 Å². The number of halogens is 1. The van der Waals surface area contributed by atoms with E-state index in [-0.39, 0.29) is 24.4 Å². The fraction of sp³-hybridized carbons (Fsp3) is 0.250. The lowest BCUT2D eigenvalue weighted by Crippen LogP contribution is -2.25. The van der Waals surface area contributed by atoms with E-state index in [1.807, 2.05) is 30.3 Å². The van der Waals surface area contributed by atoms with Gasteiger partial charge in [-0.25, -0.2) is 9.40 Å². The molecule has 0 atom stereocenters. The molecule has 0 saturated heterocycles. The van der Waals surface area contributed by atoms with E-state index in [0.717, 1.165) is 16.8 Å². The number of nitrogens with one attached hydrogen (secondary N) is 1. The lowest BCUT2D eigenvalue weighted by molar-refractivity contribution is -0.132. The molecule has 26 heavy (non-hydrogen) atoms. The van der Waals surface area contributed by atoms with Gasteiger partial charge in [-0.1, -0.05) is 36.4 Å². The number of aryl methyl sites for hydroxylation is 1. The quantitative estimate of drug-likeness (QED) is 0.894. The average Bonchev–Trinajstić information content (AvgIpc) is 3.13. The molecule has 0 fully saturated rings. The Kier molecular flexibility index (Phi) is 5.41. The largest absolute Gasteiger partial charge is 0.324 e. The summed E-state index contributed by atoms with van der Waals surface area (Å²) in [5.41, 5.74) is 2.76. The predicted octanol–water partition coefficient (Wildman–Crippen LogP) is 3.49. The van der Waals surface area contributed by atoms with E-state index < -0.39 is 11.7 Å². The average molecular weight is 353 g/mol. The third kappa shape index (κ3) is 4.33. The summed E-state index contributed by atoms with van der Waals surface area (Å²) in [7, 11) is 0. The fourth-order valence-electron chi connectivity index (χ4n) is 2.75. The minimum absolute atomic E-state index is 0.0150. The topological polar surface area (TPSA) is 61.8 Å². The second-order valence-electron chi connectivity index (χ2n) is 6.21. The minimum atomic E-state index is -0.485. The number of amides is 2. The zero-order valence-corrected chi connectivity index (χ0v) is 14.5. The fourth-order valence-corrected chi connectivity index (χ4v) is 2.75. The zero-order valence-electron chi connectivity index (χ0n) is 14.5. The molecule has 1 N–H and O–H groups in total. The standard InChI is InChI=1S/C20H20FN3O2/c1-14-7-8-18(16(21)13-14)22-19(25)9-10-20(26)24-12-11-17(23-24)15-5-3-2-4-6-15/h2-8,13H,9-12H2,1H3,(H,22,25). The van der Waals surface area contributed by atoms with Crippen LogP contribution >= 0.6 is 0 Å². The van der Waals surface area contributed by atoms with Gasteiger partial charge in [-0.15, -0.1) is 0 Å². The molecule has 0 spiro atoms. The third-order valence-electron chi connectivity index (χ3n) is 4.16. The van der Waals surface area contributed by atoms with E-state index in [1.165, 1.54) is 17.1 Å². The lowest BCUT2D eigenvalue weighted by atomic mass is 10.1. The molecule has 2 aromatic carbocycles. The molecular formula is C20H20FN3O2. The van der Waals surface area contributed by atoms with Crippen molar-refractivity contribution in [3.8, 4) is 0 Å². The van der Waals surface area contributed by atoms with Crippen molar-refractivity contribution < 1.29 is 14.0 Å². The van der Waals surface area contributed by atoms with Crippen molar-refractivity contribution in [3.63, 3.8) is 0 Å². The van der Waals surface area contributed by atoms with Crippen LogP contribution in [-0.4, -0.2) is 29.1 Å². The van der Waals surface area contributed by atoms with Crippen LogP contribution in [0.3, 0.4) is 0 Å². The van der Waals surface area contributed by atoms with Gasteiger partial charge >= 0.3 is 0 Å². The SMILES string of the molecule is Cc1ccc(NC(=O)CCC(=O)N2CCC(c3ccccc3)=N2)c(F)c1. The molecule has 5 nitrogen and oxygen atoms in total. The highest BCUT2D eigenvalue weighted by Gasteiger charge is 2.22. The molecule has 0 radical (unpaired) electrons. The number of carbonyl (C=O) groups is 2. The number of hydrogen-bond donors (Lipinski definition) is 1. The van der Waals surface area contributed by atoms with Crippen molar-refractivity contribution in [2.75, 3.05) is 11.9 Å². The van der Waals surface area contributed by atoms with Gasteiger partial charge in [-0.3, -0.25) is 9.59 Å². The molecule has 1 aliphatic rings. The summed E-state index contributed by atoms with van der Waals surface area (Å²) in [6.07, 6.45) is 0.709. The second-order valence-corrected chi connectivity index (χ2v) is 6.21. The van der Waals surface area contributed by atoms with Gasteiger partial charge in [0.05, 0.1) is 17.9 Å². The molecule has 1 heterocycles. The Balaban J connectivity index is 1.52. The minimum Gasteiger partial charge on any atom is -0.324 e. The van der Waals surface area contributed by atoms with Crippen LogP contribution in [0.2, 0.25) is 0 Å². The number of nitrogens with zero attached hydrogens (tertiary/aromatic N) is 2. The van der Waals surface area contributed by atoms with Gasteiger partial charge < -0.3 is 5.32 Å². The maximum atomic E-state index is 13.8. The first-order valence-corrected chi connectivity index (χ1v) is 8.52. The molecule has 0 bridgehead atoms. The molecule has 1 aliphatic heterocycles. The lowest BCUT2D eigenvalue weighted by Gasteiger charge is -2.11. The Morgan fingerprint density at radius 3 is 2.65 bits per heavy atom. The van der Waals surface area contributed by atoms with Crippen molar-refractivity contribution in [1.29, 1.82) is 0 Å². The molecule has 0 aromatic heterocycles. The molecular weight excluding hydrogens is 333 g/mol. The summed E-state index contributed by atoms with van der Waals surface area (Å²) in [5.74, 6) is -1.09. The number of anilines is 1.